The molecule has 140 valence electrons. The van der Waals surface area contributed by atoms with E-state index in [1.807, 2.05) is 49.4 Å². The zero-order valence-corrected chi connectivity index (χ0v) is 15.3. The molecule has 0 spiro atoms. The minimum Gasteiger partial charge on any atom is -0.486 e. The number of benzene rings is 2. The molecule has 1 atom stereocenters. The minimum absolute atomic E-state index is 0.0327. The second kappa shape index (κ2) is 6.83. The molecule has 2 heterocycles. The number of imidazole rings is 1. The predicted molar refractivity (Wildman–Crippen MR) is 101 cm³/mol. The first-order chi connectivity index (χ1) is 13.0. The van der Waals surface area contributed by atoms with Crippen molar-refractivity contribution in [3.63, 3.8) is 0 Å². The van der Waals surface area contributed by atoms with E-state index in [4.69, 9.17) is 9.47 Å². The Balaban J connectivity index is 1.52. The van der Waals surface area contributed by atoms with E-state index >= 15 is 0 Å². The number of nitrogens with zero attached hydrogens (tertiary/aromatic N) is 2. The number of aryl methyl sites for hydroxylation is 1. The van der Waals surface area contributed by atoms with Gasteiger partial charge in [0, 0.05) is 7.05 Å². The SMILES string of the molecule is CC(NC(=O)Cn1c(=O)n(C)c2ccccc21)c1ccc2c(c1)OCCO2. The molecule has 3 aromatic rings. The summed E-state index contributed by atoms with van der Waals surface area (Å²) in [6.07, 6.45) is 0. The molecule has 0 bridgehead atoms. The second-order valence-electron chi connectivity index (χ2n) is 6.61. The summed E-state index contributed by atoms with van der Waals surface area (Å²) in [6, 6.07) is 12.8. The maximum atomic E-state index is 12.6. The number of aromatic nitrogens is 2. The monoisotopic (exact) mass is 367 g/mol. The van der Waals surface area contributed by atoms with Crippen molar-refractivity contribution in [1.29, 1.82) is 0 Å². The van der Waals surface area contributed by atoms with Crippen LogP contribution in [0, 0.1) is 0 Å². The molecule has 0 radical (unpaired) electrons. The van der Waals surface area contributed by atoms with E-state index in [1.54, 1.807) is 11.6 Å². The third-order valence-corrected chi connectivity index (χ3v) is 4.80. The van der Waals surface area contributed by atoms with Crippen molar-refractivity contribution in [1.82, 2.24) is 14.5 Å². The molecule has 1 aliphatic heterocycles. The van der Waals surface area contributed by atoms with Crippen molar-refractivity contribution in [3.05, 3.63) is 58.5 Å². The van der Waals surface area contributed by atoms with Crippen molar-refractivity contribution in [3.8, 4) is 11.5 Å². The number of para-hydroxylation sites is 2. The molecule has 7 nitrogen and oxygen atoms in total. The lowest BCUT2D eigenvalue weighted by Crippen LogP contribution is -2.34. The summed E-state index contributed by atoms with van der Waals surface area (Å²) in [5, 5.41) is 2.95. The van der Waals surface area contributed by atoms with Gasteiger partial charge in [0.25, 0.3) is 0 Å². The van der Waals surface area contributed by atoms with E-state index in [-0.39, 0.29) is 24.2 Å². The molecule has 1 aliphatic rings. The van der Waals surface area contributed by atoms with Crippen LogP contribution < -0.4 is 20.5 Å². The van der Waals surface area contributed by atoms with Gasteiger partial charge >= 0.3 is 5.69 Å². The zero-order valence-electron chi connectivity index (χ0n) is 15.3. The molecule has 0 saturated heterocycles. The summed E-state index contributed by atoms with van der Waals surface area (Å²) in [7, 11) is 1.71. The van der Waals surface area contributed by atoms with Crippen molar-refractivity contribution in [2.75, 3.05) is 13.2 Å². The molecule has 2 aromatic carbocycles. The first-order valence-electron chi connectivity index (χ1n) is 8.88. The highest BCUT2D eigenvalue weighted by molar-refractivity contribution is 5.81. The van der Waals surface area contributed by atoms with Crippen LogP contribution in [-0.2, 0) is 18.4 Å². The fourth-order valence-electron chi connectivity index (χ4n) is 3.36. The Hall–Kier alpha value is -3.22. The van der Waals surface area contributed by atoms with Crippen LogP contribution in [0.3, 0.4) is 0 Å². The molecule has 0 fully saturated rings. The van der Waals surface area contributed by atoms with Crippen LogP contribution in [-0.4, -0.2) is 28.3 Å². The third kappa shape index (κ3) is 3.16. The van der Waals surface area contributed by atoms with Crippen LogP contribution in [0.25, 0.3) is 11.0 Å². The Morgan fingerprint density at radius 3 is 2.59 bits per heavy atom. The van der Waals surface area contributed by atoms with Crippen LogP contribution in [0.2, 0.25) is 0 Å². The van der Waals surface area contributed by atoms with E-state index in [0.717, 1.165) is 16.6 Å². The van der Waals surface area contributed by atoms with Gasteiger partial charge in [0.15, 0.2) is 11.5 Å². The average Bonchev–Trinajstić information content (AvgIpc) is 2.92. The highest BCUT2D eigenvalue weighted by Crippen LogP contribution is 2.32. The summed E-state index contributed by atoms with van der Waals surface area (Å²) in [5.74, 6) is 1.17. The van der Waals surface area contributed by atoms with Gasteiger partial charge in [-0.3, -0.25) is 13.9 Å². The molecule has 7 heteroatoms. The van der Waals surface area contributed by atoms with E-state index < -0.39 is 0 Å². The Bertz CT molecular complexity index is 1070. The van der Waals surface area contributed by atoms with Gasteiger partial charge in [-0.05, 0) is 36.8 Å². The quantitative estimate of drug-likeness (QED) is 0.765. The van der Waals surface area contributed by atoms with E-state index in [2.05, 4.69) is 5.32 Å². The fourth-order valence-corrected chi connectivity index (χ4v) is 3.36. The summed E-state index contributed by atoms with van der Waals surface area (Å²) in [5.41, 5.74) is 2.25. The maximum Gasteiger partial charge on any atom is 0.329 e. The number of nitrogens with one attached hydrogen (secondary N) is 1. The van der Waals surface area contributed by atoms with Crippen LogP contribution in [0.4, 0.5) is 0 Å². The van der Waals surface area contributed by atoms with Crippen molar-refractivity contribution in [2.24, 2.45) is 7.05 Å². The number of hydrogen-bond acceptors (Lipinski definition) is 4. The zero-order chi connectivity index (χ0) is 19.0. The highest BCUT2D eigenvalue weighted by Gasteiger charge is 2.17. The number of hydrogen-bond donors (Lipinski definition) is 1. The average molecular weight is 367 g/mol. The third-order valence-electron chi connectivity index (χ3n) is 4.80. The number of carbonyl (C=O) groups is 1. The molecule has 1 unspecified atom stereocenters. The van der Waals surface area contributed by atoms with Crippen molar-refractivity contribution < 1.29 is 14.3 Å². The Morgan fingerprint density at radius 2 is 1.81 bits per heavy atom. The van der Waals surface area contributed by atoms with Gasteiger partial charge in [0.2, 0.25) is 5.91 Å². The van der Waals surface area contributed by atoms with Crippen LogP contribution in [0.15, 0.2) is 47.3 Å². The van der Waals surface area contributed by atoms with Crippen molar-refractivity contribution in [2.45, 2.75) is 19.5 Å². The van der Waals surface area contributed by atoms with Gasteiger partial charge in [-0.15, -0.1) is 0 Å². The molecule has 27 heavy (non-hydrogen) atoms. The van der Waals surface area contributed by atoms with Crippen LogP contribution in [0.5, 0.6) is 11.5 Å². The number of fused-ring (bicyclic) bond motifs is 2. The molecule has 1 amide bonds. The van der Waals surface area contributed by atoms with Gasteiger partial charge in [0.05, 0.1) is 17.1 Å². The van der Waals surface area contributed by atoms with Gasteiger partial charge < -0.3 is 14.8 Å². The Labute approximate surface area is 156 Å². The topological polar surface area (TPSA) is 74.5 Å². The first kappa shape index (κ1) is 17.2. The fraction of sp³-hybridized carbons (Fsp3) is 0.300. The normalized spacial score (nSPS) is 14.1. The lowest BCUT2D eigenvalue weighted by Gasteiger charge is -2.21. The standard InChI is InChI=1S/C20H21N3O4/c1-13(14-7-8-17-18(11-14)27-10-9-26-17)21-19(24)12-23-16-6-4-3-5-15(16)22(2)20(23)25/h3-8,11,13H,9-10,12H2,1-2H3,(H,21,24). The number of ether oxygens (including phenoxy) is 2. The smallest absolute Gasteiger partial charge is 0.329 e. The number of carbonyl (C=O) groups excluding carboxylic acids is 1. The Kier molecular flexibility index (Phi) is 4.35. The van der Waals surface area contributed by atoms with E-state index in [9.17, 15) is 9.59 Å². The van der Waals surface area contributed by atoms with Gasteiger partial charge in [-0.25, -0.2) is 4.79 Å². The first-order valence-corrected chi connectivity index (χ1v) is 8.88. The van der Waals surface area contributed by atoms with Gasteiger partial charge in [-0.1, -0.05) is 18.2 Å². The summed E-state index contributed by atoms with van der Waals surface area (Å²) >= 11 is 0. The van der Waals surface area contributed by atoms with E-state index in [0.29, 0.717) is 24.7 Å². The molecule has 4 rings (SSSR count). The summed E-state index contributed by atoms with van der Waals surface area (Å²) < 4.78 is 14.2. The van der Waals surface area contributed by atoms with Crippen LogP contribution >= 0.6 is 0 Å². The second-order valence-corrected chi connectivity index (χ2v) is 6.61. The largest absolute Gasteiger partial charge is 0.486 e. The summed E-state index contributed by atoms with van der Waals surface area (Å²) in [6.45, 7) is 2.92. The number of rotatable bonds is 4. The highest BCUT2D eigenvalue weighted by atomic mass is 16.6. The van der Waals surface area contributed by atoms with Crippen molar-refractivity contribution >= 4 is 16.9 Å². The molecule has 1 N–H and O–H groups in total. The Morgan fingerprint density at radius 1 is 1.11 bits per heavy atom. The minimum atomic E-state index is -0.226. The molecular weight excluding hydrogens is 346 g/mol. The maximum absolute atomic E-state index is 12.6. The van der Waals surface area contributed by atoms with Gasteiger partial charge in [-0.2, -0.15) is 0 Å². The molecular formula is C20H21N3O4. The van der Waals surface area contributed by atoms with Crippen LogP contribution in [0.1, 0.15) is 18.5 Å². The molecule has 0 saturated carbocycles. The van der Waals surface area contributed by atoms with Gasteiger partial charge in [0.1, 0.15) is 19.8 Å². The summed E-state index contributed by atoms with van der Waals surface area (Å²) in [4.78, 5) is 25.0. The number of amides is 1. The predicted octanol–water partition coefficient (Wildman–Crippen LogP) is 1.99. The lowest BCUT2D eigenvalue weighted by molar-refractivity contribution is -0.122. The molecule has 1 aromatic heterocycles. The lowest BCUT2D eigenvalue weighted by atomic mass is 10.1. The molecule has 0 aliphatic carbocycles. The van der Waals surface area contributed by atoms with E-state index in [1.165, 1.54) is 4.57 Å².